The van der Waals surface area contributed by atoms with Crippen molar-refractivity contribution in [1.29, 1.82) is 0 Å². The van der Waals surface area contributed by atoms with Gasteiger partial charge in [0.25, 0.3) is 5.69 Å². The third-order valence-electron chi connectivity index (χ3n) is 2.99. The summed E-state index contributed by atoms with van der Waals surface area (Å²) in [5.74, 6) is 0.369. The van der Waals surface area contributed by atoms with Crippen LogP contribution in [0.3, 0.4) is 0 Å². The standard InChI is InChI=1S/C13H14N4O4/c1-8(2)13-10(7-18)14-15-16(13)11-6-9(17(19)20)4-5-12(11)21-3/h4-8H,1-3H3. The Morgan fingerprint density at radius 2 is 2.14 bits per heavy atom. The molecular formula is C13H14N4O4. The number of hydrogen-bond donors (Lipinski definition) is 0. The number of ether oxygens (including phenoxy) is 1. The van der Waals surface area contributed by atoms with Crippen LogP contribution in [0.5, 0.6) is 5.75 Å². The van der Waals surface area contributed by atoms with E-state index in [0.717, 1.165) is 0 Å². The number of nitro groups is 1. The van der Waals surface area contributed by atoms with Crippen LogP contribution in [0.4, 0.5) is 5.69 Å². The highest BCUT2D eigenvalue weighted by Gasteiger charge is 2.21. The predicted molar refractivity (Wildman–Crippen MR) is 74.0 cm³/mol. The maximum Gasteiger partial charge on any atom is 0.271 e. The Hall–Kier alpha value is -2.77. The summed E-state index contributed by atoms with van der Waals surface area (Å²) in [6.45, 7) is 3.76. The number of hydrogen-bond acceptors (Lipinski definition) is 6. The second kappa shape index (κ2) is 5.70. The lowest BCUT2D eigenvalue weighted by molar-refractivity contribution is -0.384. The normalized spacial score (nSPS) is 10.7. The molecule has 0 radical (unpaired) electrons. The Bertz CT molecular complexity index is 693. The SMILES string of the molecule is COc1ccc([N+](=O)[O-])cc1-n1nnc(C=O)c1C(C)C. The van der Waals surface area contributed by atoms with Crippen molar-refractivity contribution in [1.82, 2.24) is 15.0 Å². The first-order valence-electron chi connectivity index (χ1n) is 6.23. The molecule has 0 amide bonds. The molecule has 0 aliphatic carbocycles. The van der Waals surface area contributed by atoms with Gasteiger partial charge >= 0.3 is 0 Å². The van der Waals surface area contributed by atoms with Crippen LogP contribution < -0.4 is 4.74 Å². The van der Waals surface area contributed by atoms with Gasteiger partial charge in [-0.05, 0) is 12.0 Å². The third kappa shape index (κ3) is 2.60. The van der Waals surface area contributed by atoms with Crippen LogP contribution in [0.1, 0.15) is 35.9 Å². The van der Waals surface area contributed by atoms with Crippen molar-refractivity contribution in [3.05, 3.63) is 39.7 Å². The van der Waals surface area contributed by atoms with Gasteiger partial charge in [0, 0.05) is 12.1 Å². The van der Waals surface area contributed by atoms with E-state index in [2.05, 4.69) is 10.3 Å². The molecule has 1 aromatic carbocycles. The third-order valence-corrected chi connectivity index (χ3v) is 2.99. The number of carbonyl (C=O) groups is 1. The van der Waals surface area contributed by atoms with E-state index >= 15 is 0 Å². The summed E-state index contributed by atoms with van der Waals surface area (Å²) in [4.78, 5) is 21.5. The Kier molecular flexibility index (Phi) is 3.97. The lowest BCUT2D eigenvalue weighted by Gasteiger charge is -2.12. The topological polar surface area (TPSA) is 100 Å². The summed E-state index contributed by atoms with van der Waals surface area (Å²) in [5, 5.41) is 18.6. The van der Waals surface area contributed by atoms with Gasteiger partial charge in [0.1, 0.15) is 17.1 Å². The molecule has 8 heteroatoms. The Morgan fingerprint density at radius 3 is 2.67 bits per heavy atom. The average molecular weight is 290 g/mol. The molecule has 0 spiro atoms. The summed E-state index contributed by atoms with van der Waals surface area (Å²) in [7, 11) is 1.46. The van der Waals surface area contributed by atoms with Crippen molar-refractivity contribution >= 4 is 12.0 Å². The van der Waals surface area contributed by atoms with Crippen LogP contribution in [-0.4, -0.2) is 33.3 Å². The fourth-order valence-electron chi connectivity index (χ4n) is 2.06. The van der Waals surface area contributed by atoms with Gasteiger partial charge in [0.15, 0.2) is 6.29 Å². The maximum atomic E-state index is 11.1. The summed E-state index contributed by atoms with van der Waals surface area (Å²) in [6, 6.07) is 4.17. The number of nitro benzene ring substituents is 1. The van der Waals surface area contributed by atoms with E-state index in [4.69, 9.17) is 4.74 Å². The number of aldehydes is 1. The highest BCUT2D eigenvalue weighted by atomic mass is 16.6. The van der Waals surface area contributed by atoms with Gasteiger partial charge in [-0.2, -0.15) is 0 Å². The molecule has 0 aliphatic rings. The van der Waals surface area contributed by atoms with E-state index in [1.807, 2.05) is 13.8 Å². The molecule has 0 atom stereocenters. The molecule has 1 heterocycles. The molecule has 21 heavy (non-hydrogen) atoms. The Labute approximate surface area is 120 Å². The largest absolute Gasteiger partial charge is 0.494 e. The molecule has 2 rings (SSSR count). The average Bonchev–Trinajstić information content (AvgIpc) is 2.90. The number of benzene rings is 1. The first kappa shape index (κ1) is 14.6. The number of methoxy groups -OCH3 is 1. The zero-order valence-corrected chi connectivity index (χ0v) is 11.8. The van der Waals surface area contributed by atoms with Crippen molar-refractivity contribution in [2.45, 2.75) is 19.8 Å². The van der Waals surface area contributed by atoms with Crippen LogP contribution in [0.25, 0.3) is 5.69 Å². The molecule has 0 aliphatic heterocycles. The van der Waals surface area contributed by atoms with E-state index in [1.54, 1.807) is 0 Å². The second-order valence-corrected chi connectivity index (χ2v) is 4.66. The van der Waals surface area contributed by atoms with Crippen molar-refractivity contribution in [2.24, 2.45) is 0 Å². The van der Waals surface area contributed by atoms with E-state index in [9.17, 15) is 14.9 Å². The van der Waals surface area contributed by atoms with Crippen molar-refractivity contribution in [2.75, 3.05) is 7.11 Å². The van der Waals surface area contributed by atoms with E-state index in [1.165, 1.54) is 30.0 Å². The monoisotopic (exact) mass is 290 g/mol. The maximum absolute atomic E-state index is 11.1. The van der Waals surface area contributed by atoms with Gasteiger partial charge in [-0.3, -0.25) is 14.9 Å². The molecule has 2 aromatic rings. The van der Waals surface area contributed by atoms with Crippen LogP contribution in [0.2, 0.25) is 0 Å². The first-order valence-corrected chi connectivity index (χ1v) is 6.23. The minimum atomic E-state index is -0.504. The van der Waals surface area contributed by atoms with Gasteiger partial charge in [-0.25, -0.2) is 4.68 Å². The van der Waals surface area contributed by atoms with Crippen molar-refractivity contribution < 1.29 is 14.5 Å². The van der Waals surface area contributed by atoms with E-state index in [0.29, 0.717) is 23.4 Å². The highest BCUT2D eigenvalue weighted by Crippen LogP contribution is 2.30. The molecule has 0 N–H and O–H groups in total. The van der Waals surface area contributed by atoms with E-state index in [-0.39, 0.29) is 17.3 Å². The zero-order chi connectivity index (χ0) is 15.6. The second-order valence-electron chi connectivity index (χ2n) is 4.66. The number of carbonyl (C=O) groups excluding carboxylic acids is 1. The smallest absolute Gasteiger partial charge is 0.271 e. The summed E-state index contributed by atoms with van der Waals surface area (Å²) < 4.78 is 6.62. The predicted octanol–water partition coefficient (Wildman–Crippen LogP) is 2.12. The fourth-order valence-corrected chi connectivity index (χ4v) is 2.06. The van der Waals surface area contributed by atoms with Gasteiger partial charge in [0.2, 0.25) is 0 Å². The first-order chi connectivity index (χ1) is 9.99. The van der Waals surface area contributed by atoms with Gasteiger partial charge in [-0.15, -0.1) is 5.10 Å². The van der Waals surface area contributed by atoms with Crippen LogP contribution in [-0.2, 0) is 0 Å². The summed E-state index contributed by atoms with van der Waals surface area (Å²) in [5.41, 5.74) is 1.06. The molecule has 0 fully saturated rings. The molecule has 0 saturated carbocycles. The molecule has 0 saturated heterocycles. The number of aromatic nitrogens is 3. The molecule has 1 aromatic heterocycles. The molecule has 110 valence electrons. The minimum Gasteiger partial charge on any atom is -0.494 e. The van der Waals surface area contributed by atoms with Gasteiger partial charge < -0.3 is 4.74 Å². The minimum absolute atomic E-state index is 0.0378. The molecule has 0 bridgehead atoms. The lowest BCUT2D eigenvalue weighted by atomic mass is 10.1. The molecule has 0 unspecified atom stereocenters. The van der Waals surface area contributed by atoms with Gasteiger partial charge in [-0.1, -0.05) is 19.1 Å². The highest BCUT2D eigenvalue weighted by molar-refractivity contribution is 5.74. The summed E-state index contributed by atoms with van der Waals surface area (Å²) >= 11 is 0. The van der Waals surface area contributed by atoms with Crippen molar-refractivity contribution in [3.8, 4) is 11.4 Å². The number of non-ortho nitro benzene ring substituents is 1. The summed E-state index contributed by atoms with van der Waals surface area (Å²) in [6.07, 6.45) is 0.614. The van der Waals surface area contributed by atoms with Crippen molar-refractivity contribution in [3.63, 3.8) is 0 Å². The van der Waals surface area contributed by atoms with Crippen LogP contribution >= 0.6 is 0 Å². The Morgan fingerprint density at radius 1 is 1.43 bits per heavy atom. The van der Waals surface area contributed by atoms with E-state index < -0.39 is 4.92 Å². The fraction of sp³-hybridized carbons (Fsp3) is 0.308. The molecular weight excluding hydrogens is 276 g/mol. The quantitative estimate of drug-likeness (QED) is 0.475. The number of nitrogens with zero attached hydrogens (tertiary/aromatic N) is 4. The van der Waals surface area contributed by atoms with Crippen LogP contribution in [0.15, 0.2) is 18.2 Å². The van der Waals surface area contributed by atoms with Gasteiger partial charge in [0.05, 0.1) is 17.7 Å². The number of rotatable bonds is 5. The lowest BCUT2D eigenvalue weighted by Crippen LogP contribution is -2.07. The van der Waals surface area contributed by atoms with Crippen LogP contribution in [0, 0.1) is 10.1 Å². The molecule has 8 nitrogen and oxygen atoms in total. The Balaban J connectivity index is 2.70. The zero-order valence-electron chi connectivity index (χ0n) is 11.8.